The molecule has 0 bridgehead atoms. The second kappa shape index (κ2) is 9.74. The highest BCUT2D eigenvalue weighted by atomic mass is 32.2. The van der Waals surface area contributed by atoms with Crippen LogP contribution in [0.25, 0.3) is 0 Å². The normalized spacial score (nSPS) is 14.8. The molecule has 1 heterocycles. The molecule has 2 aromatic rings. The summed E-state index contributed by atoms with van der Waals surface area (Å²) in [5.41, 5.74) is -0.108. The van der Waals surface area contributed by atoms with Crippen LogP contribution >= 0.6 is 0 Å². The van der Waals surface area contributed by atoms with Crippen LogP contribution in [0.3, 0.4) is 0 Å². The molecule has 11 heteroatoms. The minimum atomic E-state index is -3.55. The second-order valence-electron chi connectivity index (χ2n) is 6.28. The van der Waals surface area contributed by atoms with Gasteiger partial charge in [0, 0.05) is 19.2 Å². The summed E-state index contributed by atoms with van der Waals surface area (Å²) in [6, 6.07) is 10.2. The summed E-state index contributed by atoms with van der Waals surface area (Å²) in [4.78, 5) is 10.6. The van der Waals surface area contributed by atoms with E-state index >= 15 is 0 Å². The number of nitro benzene ring substituents is 1. The molecule has 162 valence electrons. The number of hydrogen-bond donors (Lipinski definition) is 0. The highest BCUT2D eigenvalue weighted by Gasteiger charge is 2.26. The smallest absolute Gasteiger partial charge is 0.273 e. The van der Waals surface area contributed by atoms with Crippen LogP contribution < -0.4 is 14.2 Å². The van der Waals surface area contributed by atoms with Crippen LogP contribution in [-0.2, 0) is 14.8 Å². The first-order valence-corrected chi connectivity index (χ1v) is 10.6. The molecule has 0 spiro atoms. The molecule has 1 aliphatic rings. The number of ether oxygens (including phenoxy) is 4. The number of non-ortho nitro benzene ring substituents is 1. The van der Waals surface area contributed by atoms with Crippen molar-refractivity contribution in [2.45, 2.75) is 4.90 Å². The van der Waals surface area contributed by atoms with Gasteiger partial charge in [-0.05, 0) is 30.3 Å². The molecule has 30 heavy (non-hydrogen) atoms. The molecule has 0 amide bonds. The molecule has 0 radical (unpaired) electrons. The van der Waals surface area contributed by atoms with E-state index in [1.54, 1.807) is 12.1 Å². The molecule has 1 fully saturated rings. The van der Waals surface area contributed by atoms with E-state index in [0.717, 1.165) is 0 Å². The molecule has 3 rings (SSSR count). The molecule has 0 aromatic heterocycles. The third-order valence-corrected chi connectivity index (χ3v) is 6.31. The number of nitro groups is 1. The van der Waals surface area contributed by atoms with E-state index in [-0.39, 0.29) is 29.5 Å². The molecule has 0 N–H and O–H groups in total. The SMILES string of the molecule is COc1ccc([N+](=O)[O-])cc1OCCOc1ccc(S(=O)(=O)N2CCOCC2)cc1. The predicted octanol–water partition coefficient (Wildman–Crippen LogP) is 2.08. The fraction of sp³-hybridized carbons (Fsp3) is 0.368. The molecule has 0 saturated carbocycles. The van der Waals surface area contributed by atoms with Gasteiger partial charge < -0.3 is 18.9 Å². The zero-order valence-electron chi connectivity index (χ0n) is 16.4. The molecule has 0 aliphatic carbocycles. The van der Waals surface area contributed by atoms with Gasteiger partial charge in [0.1, 0.15) is 19.0 Å². The Morgan fingerprint density at radius 3 is 2.33 bits per heavy atom. The van der Waals surface area contributed by atoms with Crippen molar-refractivity contribution >= 4 is 15.7 Å². The van der Waals surface area contributed by atoms with Gasteiger partial charge >= 0.3 is 0 Å². The summed E-state index contributed by atoms with van der Waals surface area (Å²) in [6.07, 6.45) is 0. The summed E-state index contributed by atoms with van der Waals surface area (Å²) >= 11 is 0. The van der Waals surface area contributed by atoms with Gasteiger partial charge in [-0.15, -0.1) is 0 Å². The van der Waals surface area contributed by atoms with Crippen molar-refractivity contribution < 1.29 is 32.3 Å². The summed E-state index contributed by atoms with van der Waals surface area (Å²) in [5, 5.41) is 10.9. The Morgan fingerprint density at radius 1 is 1.03 bits per heavy atom. The third kappa shape index (κ3) is 5.17. The number of nitrogens with zero attached hydrogens (tertiary/aromatic N) is 2. The van der Waals surface area contributed by atoms with Gasteiger partial charge in [0.2, 0.25) is 10.0 Å². The Morgan fingerprint density at radius 2 is 1.70 bits per heavy atom. The van der Waals surface area contributed by atoms with Crippen molar-refractivity contribution in [2.24, 2.45) is 0 Å². The number of hydrogen-bond acceptors (Lipinski definition) is 8. The Kier molecular flexibility index (Phi) is 7.08. The maximum absolute atomic E-state index is 12.6. The van der Waals surface area contributed by atoms with Gasteiger partial charge in [-0.25, -0.2) is 8.42 Å². The number of sulfonamides is 1. The maximum Gasteiger partial charge on any atom is 0.273 e. The summed E-state index contributed by atoms with van der Waals surface area (Å²) in [7, 11) is -2.11. The topological polar surface area (TPSA) is 117 Å². The third-order valence-electron chi connectivity index (χ3n) is 4.40. The van der Waals surface area contributed by atoms with Gasteiger partial charge in [0.15, 0.2) is 11.5 Å². The van der Waals surface area contributed by atoms with E-state index < -0.39 is 14.9 Å². The molecule has 10 nitrogen and oxygen atoms in total. The minimum Gasteiger partial charge on any atom is -0.493 e. The first kappa shape index (κ1) is 21.8. The average Bonchev–Trinajstić information content (AvgIpc) is 2.77. The highest BCUT2D eigenvalue weighted by Crippen LogP contribution is 2.31. The van der Waals surface area contributed by atoms with E-state index in [1.807, 2.05) is 0 Å². The van der Waals surface area contributed by atoms with E-state index in [2.05, 4.69) is 0 Å². The van der Waals surface area contributed by atoms with Crippen molar-refractivity contribution in [1.29, 1.82) is 0 Å². The summed E-state index contributed by atoms with van der Waals surface area (Å²) in [6.45, 7) is 1.70. The average molecular weight is 438 g/mol. The largest absolute Gasteiger partial charge is 0.493 e. The van der Waals surface area contributed by atoms with Crippen molar-refractivity contribution in [3.63, 3.8) is 0 Å². The lowest BCUT2D eigenvalue weighted by molar-refractivity contribution is -0.385. The van der Waals surface area contributed by atoms with Crippen molar-refractivity contribution in [2.75, 3.05) is 46.6 Å². The fourth-order valence-electron chi connectivity index (χ4n) is 2.85. The van der Waals surface area contributed by atoms with E-state index in [0.29, 0.717) is 37.8 Å². The number of benzene rings is 2. The van der Waals surface area contributed by atoms with Crippen molar-refractivity contribution in [3.05, 3.63) is 52.6 Å². The van der Waals surface area contributed by atoms with E-state index in [4.69, 9.17) is 18.9 Å². The van der Waals surface area contributed by atoms with Gasteiger partial charge in [-0.2, -0.15) is 4.31 Å². The lowest BCUT2D eigenvalue weighted by Crippen LogP contribution is -2.40. The summed E-state index contributed by atoms with van der Waals surface area (Å²) < 4.78 is 48.0. The molecule has 1 saturated heterocycles. The zero-order valence-corrected chi connectivity index (χ0v) is 17.2. The fourth-order valence-corrected chi connectivity index (χ4v) is 4.25. The van der Waals surface area contributed by atoms with Crippen LogP contribution in [0.15, 0.2) is 47.4 Å². The summed E-state index contributed by atoms with van der Waals surface area (Å²) in [5.74, 6) is 1.09. The number of morpholine rings is 1. The van der Waals surface area contributed by atoms with Crippen molar-refractivity contribution in [1.82, 2.24) is 4.31 Å². The number of rotatable bonds is 9. The van der Waals surface area contributed by atoms with Gasteiger partial charge in [-0.1, -0.05) is 0 Å². The highest BCUT2D eigenvalue weighted by molar-refractivity contribution is 7.89. The van der Waals surface area contributed by atoms with Gasteiger partial charge in [0.05, 0.1) is 36.2 Å². The van der Waals surface area contributed by atoms with Crippen LogP contribution in [0.4, 0.5) is 5.69 Å². The zero-order chi connectivity index (χ0) is 21.6. The Labute approximate surface area is 174 Å². The van der Waals surface area contributed by atoms with Crippen LogP contribution in [0.1, 0.15) is 0 Å². The quantitative estimate of drug-likeness (QED) is 0.332. The molecule has 0 unspecified atom stereocenters. The minimum absolute atomic E-state index is 0.108. The molecule has 0 atom stereocenters. The lowest BCUT2D eigenvalue weighted by atomic mass is 10.3. The van der Waals surface area contributed by atoms with Gasteiger partial charge in [0.25, 0.3) is 5.69 Å². The Hall–Kier alpha value is -2.89. The van der Waals surface area contributed by atoms with Crippen LogP contribution in [0.2, 0.25) is 0 Å². The molecular weight excluding hydrogens is 416 g/mol. The Balaban J connectivity index is 1.55. The van der Waals surface area contributed by atoms with Crippen molar-refractivity contribution in [3.8, 4) is 17.2 Å². The Bertz CT molecular complexity index is 973. The van der Waals surface area contributed by atoms with Crippen LogP contribution in [0.5, 0.6) is 17.2 Å². The first-order chi connectivity index (χ1) is 14.4. The molecule has 2 aromatic carbocycles. The maximum atomic E-state index is 12.6. The molecular formula is C19H22N2O8S. The monoisotopic (exact) mass is 438 g/mol. The van der Waals surface area contributed by atoms with E-state index in [1.165, 1.54) is 41.7 Å². The predicted molar refractivity (Wildman–Crippen MR) is 107 cm³/mol. The van der Waals surface area contributed by atoms with Crippen LogP contribution in [-0.4, -0.2) is 64.3 Å². The van der Waals surface area contributed by atoms with Gasteiger partial charge in [-0.3, -0.25) is 10.1 Å². The second-order valence-corrected chi connectivity index (χ2v) is 8.21. The standard InChI is InChI=1S/C19H22N2O8S/c1-26-18-7-2-15(21(22)23)14-19(18)29-13-12-28-16-3-5-17(6-4-16)30(24,25)20-8-10-27-11-9-20/h2-7,14H,8-13H2,1H3. The number of methoxy groups -OCH3 is 1. The first-order valence-electron chi connectivity index (χ1n) is 9.18. The van der Waals surface area contributed by atoms with Crippen LogP contribution in [0, 0.1) is 10.1 Å². The lowest BCUT2D eigenvalue weighted by Gasteiger charge is -2.26. The van der Waals surface area contributed by atoms with E-state index in [9.17, 15) is 18.5 Å². The molecule has 1 aliphatic heterocycles.